The predicted octanol–water partition coefficient (Wildman–Crippen LogP) is 4.63. The number of ether oxygens (including phenoxy) is 1. The van der Waals surface area contributed by atoms with Gasteiger partial charge in [-0.1, -0.05) is 61.0 Å². The zero-order valence-electron chi connectivity index (χ0n) is 18.2. The molecule has 164 valence electrons. The van der Waals surface area contributed by atoms with E-state index < -0.39 is 5.97 Å². The molecule has 0 saturated heterocycles. The molecule has 0 radical (unpaired) electrons. The molecule has 8 heteroatoms. The van der Waals surface area contributed by atoms with Gasteiger partial charge >= 0.3 is 5.97 Å². The number of carbonyl (C=O) groups is 1. The number of carbonyl (C=O) groups excluding carboxylic acids is 1. The smallest absolute Gasteiger partial charge is 0.377 e. The van der Waals surface area contributed by atoms with Gasteiger partial charge in [-0.25, -0.2) is 4.79 Å². The standard InChI is InChI=1S/C24H25N5O3/c1-3-5-11-21-20(22(32-27-21)24(30)31-4-2)15-16-12-13-18(17-9-7-6-8-10-17)19(14-16)23-25-28-29-26-23/h6-10,12-14H,3-5,11,15H2,1-2H3,(H,25,26,28,29). The molecule has 0 atom stereocenters. The molecule has 4 aromatic rings. The number of rotatable bonds is 9. The van der Waals surface area contributed by atoms with Gasteiger partial charge in [0.25, 0.3) is 0 Å². The summed E-state index contributed by atoms with van der Waals surface area (Å²) in [6.45, 7) is 4.16. The van der Waals surface area contributed by atoms with Gasteiger partial charge in [-0.15, -0.1) is 10.2 Å². The minimum Gasteiger partial charge on any atom is -0.460 e. The van der Waals surface area contributed by atoms with Crippen LogP contribution in [0.5, 0.6) is 0 Å². The van der Waals surface area contributed by atoms with E-state index in [-0.39, 0.29) is 12.4 Å². The van der Waals surface area contributed by atoms with E-state index in [4.69, 9.17) is 9.26 Å². The van der Waals surface area contributed by atoms with E-state index in [1.165, 1.54) is 0 Å². The number of hydrogen-bond donors (Lipinski definition) is 1. The van der Waals surface area contributed by atoms with E-state index in [2.05, 4.69) is 32.7 Å². The molecule has 8 nitrogen and oxygen atoms in total. The number of unbranched alkanes of at least 4 members (excludes halogenated alkanes) is 1. The van der Waals surface area contributed by atoms with Crippen molar-refractivity contribution in [2.75, 3.05) is 6.61 Å². The second-order valence-electron chi connectivity index (χ2n) is 7.42. The maximum Gasteiger partial charge on any atom is 0.377 e. The second kappa shape index (κ2) is 10.00. The lowest BCUT2D eigenvalue weighted by Gasteiger charge is -2.11. The molecule has 0 aliphatic rings. The van der Waals surface area contributed by atoms with Gasteiger partial charge in [0.2, 0.25) is 11.6 Å². The van der Waals surface area contributed by atoms with E-state index in [0.717, 1.165) is 52.8 Å². The largest absolute Gasteiger partial charge is 0.460 e. The van der Waals surface area contributed by atoms with Gasteiger partial charge in [-0.2, -0.15) is 5.21 Å². The molecule has 2 heterocycles. The van der Waals surface area contributed by atoms with Crippen LogP contribution in [0, 0.1) is 0 Å². The molecule has 0 saturated carbocycles. The lowest BCUT2D eigenvalue weighted by molar-refractivity contribution is 0.0478. The van der Waals surface area contributed by atoms with Gasteiger partial charge in [-0.05, 0) is 47.7 Å². The molecular weight excluding hydrogens is 406 g/mol. The lowest BCUT2D eigenvalue weighted by Crippen LogP contribution is -2.07. The average Bonchev–Trinajstić information content (AvgIpc) is 3.49. The van der Waals surface area contributed by atoms with Crippen LogP contribution in [0.4, 0.5) is 0 Å². The van der Waals surface area contributed by atoms with Crippen LogP contribution in [-0.4, -0.2) is 38.4 Å². The highest BCUT2D eigenvalue weighted by Gasteiger charge is 2.24. The number of nitrogens with one attached hydrogen (secondary N) is 1. The summed E-state index contributed by atoms with van der Waals surface area (Å²) in [7, 11) is 0. The average molecular weight is 431 g/mol. The van der Waals surface area contributed by atoms with E-state index in [0.29, 0.717) is 12.2 Å². The summed E-state index contributed by atoms with van der Waals surface area (Å²) in [6, 6.07) is 16.2. The molecule has 0 aliphatic carbocycles. The van der Waals surface area contributed by atoms with Gasteiger partial charge in [-0.3, -0.25) is 0 Å². The van der Waals surface area contributed by atoms with E-state index >= 15 is 0 Å². The Kier molecular flexibility index (Phi) is 6.69. The first-order valence-corrected chi connectivity index (χ1v) is 10.8. The van der Waals surface area contributed by atoms with Crippen LogP contribution in [0.2, 0.25) is 0 Å². The Morgan fingerprint density at radius 3 is 2.66 bits per heavy atom. The summed E-state index contributed by atoms with van der Waals surface area (Å²) < 4.78 is 10.6. The van der Waals surface area contributed by atoms with Crippen molar-refractivity contribution in [1.82, 2.24) is 25.8 Å². The van der Waals surface area contributed by atoms with Crippen molar-refractivity contribution in [3.63, 3.8) is 0 Å². The summed E-state index contributed by atoms with van der Waals surface area (Å²) in [5.41, 5.74) is 5.45. The van der Waals surface area contributed by atoms with Crippen molar-refractivity contribution in [2.24, 2.45) is 0 Å². The highest BCUT2D eigenvalue weighted by Crippen LogP contribution is 2.32. The zero-order chi connectivity index (χ0) is 22.3. The fourth-order valence-electron chi connectivity index (χ4n) is 3.66. The normalized spacial score (nSPS) is 10.9. The highest BCUT2D eigenvalue weighted by molar-refractivity contribution is 5.88. The number of nitrogens with zero attached hydrogens (tertiary/aromatic N) is 4. The summed E-state index contributed by atoms with van der Waals surface area (Å²) in [6.07, 6.45) is 3.21. The Bertz CT molecular complexity index is 1170. The molecule has 4 rings (SSSR count). The molecule has 1 N–H and O–H groups in total. The van der Waals surface area contributed by atoms with Crippen LogP contribution in [-0.2, 0) is 17.6 Å². The van der Waals surface area contributed by atoms with Crippen molar-refractivity contribution in [3.05, 3.63) is 71.1 Å². The van der Waals surface area contributed by atoms with E-state index in [9.17, 15) is 4.79 Å². The first-order valence-electron chi connectivity index (χ1n) is 10.8. The molecule has 0 fully saturated rings. The second-order valence-corrected chi connectivity index (χ2v) is 7.42. The maximum atomic E-state index is 12.4. The van der Waals surface area contributed by atoms with Crippen LogP contribution in [0.15, 0.2) is 53.1 Å². The van der Waals surface area contributed by atoms with Crippen LogP contribution in [0.3, 0.4) is 0 Å². The molecule has 0 bridgehead atoms. The maximum absolute atomic E-state index is 12.4. The molecule has 0 spiro atoms. The van der Waals surface area contributed by atoms with Gasteiger partial charge in [0.15, 0.2) is 0 Å². The third-order valence-corrected chi connectivity index (χ3v) is 5.23. The molecule has 2 aromatic heterocycles. The Morgan fingerprint density at radius 2 is 1.94 bits per heavy atom. The van der Waals surface area contributed by atoms with Crippen LogP contribution in [0.25, 0.3) is 22.5 Å². The molecule has 2 aromatic carbocycles. The third-order valence-electron chi connectivity index (χ3n) is 5.23. The van der Waals surface area contributed by atoms with Crippen molar-refractivity contribution in [1.29, 1.82) is 0 Å². The van der Waals surface area contributed by atoms with Crippen LogP contribution in [0.1, 0.15) is 54.1 Å². The first-order chi connectivity index (χ1) is 15.7. The van der Waals surface area contributed by atoms with Crippen molar-refractivity contribution < 1.29 is 14.1 Å². The van der Waals surface area contributed by atoms with Crippen molar-refractivity contribution in [2.45, 2.75) is 39.5 Å². The van der Waals surface area contributed by atoms with Crippen molar-refractivity contribution >= 4 is 5.97 Å². The molecule has 0 unspecified atom stereocenters. The summed E-state index contributed by atoms with van der Waals surface area (Å²) >= 11 is 0. The van der Waals surface area contributed by atoms with E-state index in [1.54, 1.807) is 6.92 Å². The Hall–Kier alpha value is -3.81. The van der Waals surface area contributed by atoms with Gasteiger partial charge in [0.1, 0.15) is 0 Å². The first kappa shape index (κ1) is 21.4. The molecule has 0 amide bonds. The topological polar surface area (TPSA) is 107 Å². The number of benzene rings is 2. The molecule has 0 aliphatic heterocycles. The molecule has 32 heavy (non-hydrogen) atoms. The fraction of sp³-hybridized carbons (Fsp3) is 0.292. The number of tetrazole rings is 1. The minimum atomic E-state index is -0.489. The lowest BCUT2D eigenvalue weighted by atomic mass is 9.93. The number of aromatic amines is 1. The molecular formula is C24H25N5O3. The number of esters is 1. The van der Waals surface area contributed by atoms with Gasteiger partial charge in [0.05, 0.1) is 12.3 Å². The van der Waals surface area contributed by atoms with Crippen LogP contribution >= 0.6 is 0 Å². The van der Waals surface area contributed by atoms with Crippen LogP contribution < -0.4 is 0 Å². The number of aryl methyl sites for hydroxylation is 1. The Morgan fingerprint density at radius 1 is 1.09 bits per heavy atom. The predicted molar refractivity (Wildman–Crippen MR) is 119 cm³/mol. The monoisotopic (exact) mass is 431 g/mol. The third kappa shape index (κ3) is 4.59. The number of hydrogen-bond acceptors (Lipinski definition) is 7. The van der Waals surface area contributed by atoms with E-state index in [1.807, 2.05) is 48.5 Å². The zero-order valence-corrected chi connectivity index (χ0v) is 18.2. The number of H-pyrrole nitrogens is 1. The number of aromatic nitrogens is 5. The SMILES string of the molecule is CCCCc1noc(C(=O)OCC)c1Cc1ccc(-c2ccccc2)c(-c2nn[nH]n2)c1. The van der Waals surface area contributed by atoms with Gasteiger partial charge in [0, 0.05) is 17.5 Å². The highest BCUT2D eigenvalue weighted by atomic mass is 16.6. The quantitative estimate of drug-likeness (QED) is 0.385. The van der Waals surface area contributed by atoms with Crippen molar-refractivity contribution in [3.8, 4) is 22.5 Å². The Labute approximate surface area is 186 Å². The Balaban J connectivity index is 1.74. The fourth-order valence-corrected chi connectivity index (χ4v) is 3.66. The minimum absolute atomic E-state index is 0.172. The summed E-state index contributed by atoms with van der Waals surface area (Å²) in [5.74, 6) is 0.191. The van der Waals surface area contributed by atoms with Gasteiger partial charge < -0.3 is 9.26 Å². The summed E-state index contributed by atoms with van der Waals surface area (Å²) in [4.78, 5) is 12.4. The summed E-state index contributed by atoms with van der Waals surface area (Å²) in [5, 5.41) is 18.8.